The Hall–Kier alpha value is -4.75. The molecule has 0 spiro atoms. The second-order valence-corrected chi connectivity index (χ2v) is 11.2. The highest BCUT2D eigenvalue weighted by Crippen LogP contribution is 2.34. The maximum absolute atomic E-state index is 14.1. The largest absolute Gasteiger partial charge is 0.489 e. The van der Waals surface area contributed by atoms with Crippen molar-refractivity contribution in [2.45, 2.75) is 33.4 Å². The number of esters is 1. The molecule has 0 fully saturated rings. The minimum Gasteiger partial charge on any atom is -0.489 e. The number of benzene rings is 4. The number of carbonyl (C=O) groups is 1. The maximum atomic E-state index is 14.1. The Kier molecular flexibility index (Phi) is 7.59. The van der Waals surface area contributed by atoms with E-state index in [2.05, 4.69) is 31.2 Å². The fourth-order valence-corrected chi connectivity index (χ4v) is 6.32. The molecule has 0 bridgehead atoms. The van der Waals surface area contributed by atoms with E-state index in [1.54, 1.807) is 18.4 Å². The highest BCUT2D eigenvalue weighted by Gasteiger charge is 2.34. The minimum absolute atomic E-state index is 0.211. The summed E-state index contributed by atoms with van der Waals surface area (Å²) >= 11 is 1.31. The van der Waals surface area contributed by atoms with Crippen LogP contribution in [0.3, 0.4) is 0 Å². The van der Waals surface area contributed by atoms with Gasteiger partial charge >= 0.3 is 5.97 Å². The van der Waals surface area contributed by atoms with E-state index >= 15 is 0 Å². The Bertz CT molecular complexity index is 2010. The lowest BCUT2D eigenvalue weighted by atomic mass is 9.91. The van der Waals surface area contributed by atoms with Gasteiger partial charge < -0.3 is 9.47 Å². The molecule has 210 valence electrons. The fourth-order valence-electron chi connectivity index (χ4n) is 5.27. The van der Waals surface area contributed by atoms with Crippen molar-refractivity contribution in [3.05, 3.63) is 144 Å². The van der Waals surface area contributed by atoms with Crippen LogP contribution in [0.2, 0.25) is 0 Å². The third-order valence-corrected chi connectivity index (χ3v) is 8.30. The molecule has 1 aliphatic rings. The predicted octanol–water partition coefficient (Wildman–Crippen LogP) is 5.84. The van der Waals surface area contributed by atoms with Gasteiger partial charge in [0.25, 0.3) is 5.56 Å². The van der Waals surface area contributed by atoms with E-state index in [1.165, 1.54) is 16.9 Å². The summed E-state index contributed by atoms with van der Waals surface area (Å²) in [5.41, 5.74) is 4.69. The summed E-state index contributed by atoms with van der Waals surface area (Å²) in [7, 11) is 0. The molecule has 0 radical (unpaired) electrons. The molecule has 0 amide bonds. The number of carbonyl (C=O) groups excluding carboxylic acids is 1. The van der Waals surface area contributed by atoms with Crippen LogP contribution >= 0.6 is 11.3 Å². The number of aromatic nitrogens is 1. The molecule has 1 atom stereocenters. The molecule has 5 aromatic rings. The van der Waals surface area contributed by atoms with Gasteiger partial charge in [-0.05, 0) is 66.4 Å². The Labute approximate surface area is 247 Å². The van der Waals surface area contributed by atoms with Crippen molar-refractivity contribution in [1.82, 2.24) is 4.57 Å². The van der Waals surface area contributed by atoms with E-state index in [1.807, 2.05) is 72.8 Å². The first-order chi connectivity index (χ1) is 20.4. The average molecular weight is 575 g/mol. The molecule has 1 aromatic heterocycles. The number of hydrogen-bond acceptors (Lipinski definition) is 6. The number of allylic oxidation sites excluding steroid dienone is 1. The van der Waals surface area contributed by atoms with Gasteiger partial charge in [-0.25, -0.2) is 9.79 Å². The summed E-state index contributed by atoms with van der Waals surface area (Å²) in [6.45, 7) is 6.31. The van der Waals surface area contributed by atoms with Gasteiger partial charge in [0.15, 0.2) is 4.80 Å². The van der Waals surface area contributed by atoms with E-state index in [9.17, 15) is 9.59 Å². The monoisotopic (exact) mass is 574 g/mol. The van der Waals surface area contributed by atoms with Gasteiger partial charge in [0.05, 0.1) is 28.5 Å². The molecule has 1 aliphatic heterocycles. The van der Waals surface area contributed by atoms with Gasteiger partial charge in [-0.3, -0.25) is 9.36 Å². The Morgan fingerprint density at radius 2 is 1.74 bits per heavy atom. The molecular weight excluding hydrogens is 544 g/mol. The molecule has 0 saturated heterocycles. The number of nitrogens with zero attached hydrogens (tertiary/aromatic N) is 2. The molecule has 6 nitrogen and oxygen atoms in total. The number of aryl methyl sites for hydroxylation is 1. The summed E-state index contributed by atoms with van der Waals surface area (Å²) in [5.74, 6) is 0.246. The molecule has 1 unspecified atom stereocenters. The number of hydrogen-bond donors (Lipinski definition) is 0. The van der Waals surface area contributed by atoms with Crippen molar-refractivity contribution in [3.8, 4) is 5.75 Å². The van der Waals surface area contributed by atoms with Gasteiger partial charge in [0.1, 0.15) is 12.4 Å². The third-order valence-electron chi connectivity index (χ3n) is 7.32. The summed E-state index contributed by atoms with van der Waals surface area (Å²) in [4.78, 5) is 32.6. The molecule has 0 aliphatic carbocycles. The van der Waals surface area contributed by atoms with Gasteiger partial charge in [0, 0.05) is 0 Å². The van der Waals surface area contributed by atoms with Crippen LogP contribution in [0.15, 0.2) is 112 Å². The topological polar surface area (TPSA) is 69.9 Å². The smallest absolute Gasteiger partial charge is 0.338 e. The summed E-state index contributed by atoms with van der Waals surface area (Å²) < 4.78 is 13.6. The molecule has 0 saturated carbocycles. The predicted molar refractivity (Wildman–Crippen MR) is 166 cm³/mol. The summed E-state index contributed by atoms with van der Waals surface area (Å²) in [6, 6.07) is 29.2. The lowest BCUT2D eigenvalue weighted by molar-refractivity contribution is -0.139. The Balaban J connectivity index is 1.44. The normalized spacial score (nSPS) is 14.9. The van der Waals surface area contributed by atoms with Crippen LogP contribution in [0.5, 0.6) is 5.75 Å². The first-order valence-corrected chi connectivity index (χ1v) is 14.7. The van der Waals surface area contributed by atoms with Crippen LogP contribution in [-0.4, -0.2) is 17.1 Å². The second-order valence-electron chi connectivity index (χ2n) is 10.2. The quantitative estimate of drug-likeness (QED) is 0.229. The molecule has 7 heteroatoms. The Morgan fingerprint density at radius 3 is 2.55 bits per heavy atom. The SMILES string of the molecule is CCOC(=O)C1=C(C)N=c2s/c(=C/c3cccc(OCc4ccc(C)cc4)c3)c(=O)n2C1c1cccc2ccccc12. The lowest BCUT2D eigenvalue weighted by Crippen LogP contribution is -2.40. The standard InChI is InChI=1S/C35H30N2O4S/c1-4-40-34(39)31-23(3)36-35-37(32(31)29-14-8-11-26-10-5-6-13-28(26)29)33(38)30(42-35)20-25-9-7-12-27(19-25)41-21-24-17-15-22(2)16-18-24/h5-20,32H,4,21H2,1-3H3/b30-20+. The second kappa shape index (κ2) is 11.6. The highest BCUT2D eigenvalue weighted by molar-refractivity contribution is 7.07. The van der Waals surface area contributed by atoms with Gasteiger partial charge in [-0.1, -0.05) is 95.8 Å². The van der Waals surface area contributed by atoms with Crippen molar-refractivity contribution in [2.75, 3.05) is 6.61 Å². The summed E-state index contributed by atoms with van der Waals surface area (Å²) in [6.07, 6.45) is 1.85. The molecule has 4 aromatic carbocycles. The molecule has 42 heavy (non-hydrogen) atoms. The molecule has 2 heterocycles. The zero-order valence-electron chi connectivity index (χ0n) is 23.7. The van der Waals surface area contributed by atoms with Crippen LogP contribution in [0, 0.1) is 6.92 Å². The van der Waals surface area contributed by atoms with Crippen molar-refractivity contribution in [3.63, 3.8) is 0 Å². The van der Waals surface area contributed by atoms with E-state index in [0.29, 0.717) is 33.0 Å². The van der Waals surface area contributed by atoms with Gasteiger partial charge in [-0.15, -0.1) is 0 Å². The summed E-state index contributed by atoms with van der Waals surface area (Å²) in [5, 5.41) is 1.99. The average Bonchev–Trinajstić information content (AvgIpc) is 3.30. The molecular formula is C35H30N2O4S. The first-order valence-electron chi connectivity index (χ1n) is 13.9. The van der Waals surface area contributed by atoms with Crippen LogP contribution in [0.4, 0.5) is 0 Å². The Morgan fingerprint density at radius 1 is 0.976 bits per heavy atom. The lowest BCUT2D eigenvalue weighted by Gasteiger charge is -2.25. The van der Waals surface area contributed by atoms with Crippen molar-refractivity contribution < 1.29 is 14.3 Å². The van der Waals surface area contributed by atoms with Crippen LogP contribution < -0.4 is 19.6 Å². The number of thiazole rings is 1. The van der Waals surface area contributed by atoms with E-state index in [4.69, 9.17) is 14.5 Å². The molecule has 0 N–H and O–H groups in total. The fraction of sp³-hybridized carbons (Fsp3) is 0.171. The van der Waals surface area contributed by atoms with Gasteiger partial charge in [-0.2, -0.15) is 0 Å². The zero-order valence-corrected chi connectivity index (χ0v) is 24.5. The first kappa shape index (κ1) is 27.4. The molecule has 6 rings (SSSR count). The number of fused-ring (bicyclic) bond motifs is 2. The van der Waals surface area contributed by atoms with Crippen molar-refractivity contribution in [1.29, 1.82) is 0 Å². The van der Waals surface area contributed by atoms with Crippen LogP contribution in [-0.2, 0) is 16.1 Å². The number of ether oxygens (including phenoxy) is 2. The van der Waals surface area contributed by atoms with Crippen LogP contribution in [0.25, 0.3) is 16.8 Å². The number of rotatable bonds is 7. The van der Waals surface area contributed by atoms with Gasteiger partial charge in [0.2, 0.25) is 0 Å². The van der Waals surface area contributed by atoms with E-state index < -0.39 is 12.0 Å². The zero-order chi connectivity index (χ0) is 29.2. The third kappa shape index (κ3) is 5.31. The van der Waals surface area contributed by atoms with E-state index in [0.717, 1.165) is 27.5 Å². The van der Waals surface area contributed by atoms with Crippen LogP contribution in [0.1, 0.15) is 42.1 Å². The van der Waals surface area contributed by atoms with Crippen molar-refractivity contribution in [2.24, 2.45) is 4.99 Å². The van der Waals surface area contributed by atoms with Crippen molar-refractivity contribution >= 4 is 34.2 Å². The maximum Gasteiger partial charge on any atom is 0.338 e. The highest BCUT2D eigenvalue weighted by atomic mass is 32.1. The minimum atomic E-state index is -0.669. The van der Waals surface area contributed by atoms with E-state index in [-0.39, 0.29) is 12.2 Å².